The van der Waals surface area contributed by atoms with Gasteiger partial charge in [-0.05, 0) is 6.42 Å². The van der Waals surface area contributed by atoms with Crippen molar-refractivity contribution in [3.63, 3.8) is 0 Å². The summed E-state index contributed by atoms with van der Waals surface area (Å²) in [5, 5.41) is 9.29. The van der Waals surface area contributed by atoms with Crippen molar-refractivity contribution < 1.29 is 0 Å². The first-order chi connectivity index (χ1) is 6.33. The number of hydrogen-bond acceptors (Lipinski definition) is 5. The Labute approximate surface area is 81.2 Å². The molecule has 1 rings (SSSR count). The monoisotopic (exact) mass is 194 g/mol. The maximum Gasteiger partial charge on any atom is 0.114 e. The van der Waals surface area contributed by atoms with Gasteiger partial charge >= 0.3 is 0 Å². The van der Waals surface area contributed by atoms with Gasteiger partial charge in [0.25, 0.3) is 0 Å². The zero-order chi connectivity index (χ0) is 9.52. The van der Waals surface area contributed by atoms with Gasteiger partial charge in [0.15, 0.2) is 0 Å². The molecule has 0 amide bonds. The Morgan fingerprint density at radius 2 is 2.46 bits per heavy atom. The van der Waals surface area contributed by atoms with Crippen LogP contribution in [-0.4, -0.2) is 21.8 Å². The van der Waals surface area contributed by atoms with Crippen LogP contribution in [0.3, 0.4) is 0 Å². The molecule has 0 aliphatic carbocycles. The lowest BCUT2D eigenvalue weighted by Gasteiger charge is -2.00. The van der Waals surface area contributed by atoms with Crippen LogP contribution in [-0.2, 0) is 0 Å². The SMILES string of the molecule is N#CC(N)CCSc1cnccn1. The van der Waals surface area contributed by atoms with E-state index in [2.05, 4.69) is 9.97 Å². The van der Waals surface area contributed by atoms with Crippen LogP contribution < -0.4 is 5.73 Å². The summed E-state index contributed by atoms with van der Waals surface area (Å²) in [6, 6.07) is 1.61. The highest BCUT2D eigenvalue weighted by Gasteiger charge is 2.00. The number of hydrogen-bond donors (Lipinski definition) is 1. The predicted octanol–water partition coefficient (Wildman–Crippen LogP) is 0.810. The first-order valence-corrected chi connectivity index (χ1v) is 4.85. The van der Waals surface area contributed by atoms with Crippen molar-refractivity contribution in [1.29, 1.82) is 5.26 Å². The number of aromatic nitrogens is 2. The van der Waals surface area contributed by atoms with Gasteiger partial charge in [-0.2, -0.15) is 5.26 Å². The Kier molecular flexibility index (Phi) is 4.23. The van der Waals surface area contributed by atoms with Crippen LogP contribution in [0.4, 0.5) is 0 Å². The summed E-state index contributed by atoms with van der Waals surface area (Å²) >= 11 is 1.56. The number of nitrogens with zero attached hydrogens (tertiary/aromatic N) is 3. The van der Waals surface area contributed by atoms with Crippen molar-refractivity contribution >= 4 is 11.8 Å². The average Bonchev–Trinajstić information content (AvgIpc) is 2.19. The van der Waals surface area contributed by atoms with E-state index in [0.29, 0.717) is 6.42 Å². The van der Waals surface area contributed by atoms with E-state index in [-0.39, 0.29) is 6.04 Å². The molecule has 5 heteroatoms. The summed E-state index contributed by atoms with van der Waals surface area (Å²) in [7, 11) is 0. The standard InChI is InChI=1S/C8H10N4S/c9-5-7(10)1-4-13-8-6-11-2-3-12-8/h2-3,6-7H,1,4,10H2. The first-order valence-electron chi connectivity index (χ1n) is 3.87. The van der Waals surface area contributed by atoms with Gasteiger partial charge in [0.05, 0.1) is 18.3 Å². The van der Waals surface area contributed by atoms with Crippen LogP contribution >= 0.6 is 11.8 Å². The lowest BCUT2D eigenvalue weighted by atomic mass is 10.3. The van der Waals surface area contributed by atoms with E-state index in [0.717, 1.165) is 10.8 Å². The van der Waals surface area contributed by atoms with E-state index in [1.807, 2.05) is 6.07 Å². The lowest BCUT2D eigenvalue weighted by Crippen LogP contribution is -2.17. The quantitative estimate of drug-likeness (QED) is 0.718. The highest BCUT2D eigenvalue weighted by molar-refractivity contribution is 7.99. The molecule has 68 valence electrons. The Bertz CT molecular complexity index is 282. The van der Waals surface area contributed by atoms with Crippen LogP contribution in [0.5, 0.6) is 0 Å². The molecule has 1 heterocycles. The lowest BCUT2D eigenvalue weighted by molar-refractivity contribution is 0.802. The topological polar surface area (TPSA) is 75.6 Å². The van der Waals surface area contributed by atoms with Gasteiger partial charge in [-0.3, -0.25) is 4.98 Å². The Morgan fingerprint density at radius 3 is 3.08 bits per heavy atom. The third-order valence-corrected chi connectivity index (χ3v) is 2.33. The van der Waals surface area contributed by atoms with Crippen molar-refractivity contribution in [1.82, 2.24) is 9.97 Å². The molecular weight excluding hydrogens is 184 g/mol. The molecular formula is C8H10N4S. The van der Waals surface area contributed by atoms with E-state index in [1.165, 1.54) is 0 Å². The molecule has 0 bridgehead atoms. The molecule has 0 fully saturated rings. The van der Waals surface area contributed by atoms with E-state index in [1.54, 1.807) is 30.4 Å². The molecule has 0 saturated heterocycles. The minimum absolute atomic E-state index is 0.371. The summed E-state index contributed by atoms with van der Waals surface area (Å²) in [4.78, 5) is 8.00. The van der Waals surface area contributed by atoms with Gasteiger partial charge in [0.2, 0.25) is 0 Å². The van der Waals surface area contributed by atoms with Gasteiger partial charge in [0, 0.05) is 18.1 Å². The van der Waals surface area contributed by atoms with Crippen LogP contribution in [0.25, 0.3) is 0 Å². The zero-order valence-electron chi connectivity index (χ0n) is 7.05. The van der Waals surface area contributed by atoms with E-state index >= 15 is 0 Å². The van der Waals surface area contributed by atoms with Crippen LogP contribution in [0.2, 0.25) is 0 Å². The van der Waals surface area contributed by atoms with Crippen LogP contribution in [0.1, 0.15) is 6.42 Å². The van der Waals surface area contributed by atoms with Gasteiger partial charge in [0.1, 0.15) is 5.03 Å². The molecule has 1 atom stereocenters. The highest BCUT2D eigenvalue weighted by Crippen LogP contribution is 2.14. The van der Waals surface area contributed by atoms with Crippen molar-refractivity contribution in [3.05, 3.63) is 18.6 Å². The third-order valence-electron chi connectivity index (χ3n) is 1.38. The van der Waals surface area contributed by atoms with Gasteiger partial charge in [-0.25, -0.2) is 4.98 Å². The largest absolute Gasteiger partial charge is 0.316 e. The molecule has 2 N–H and O–H groups in total. The second-order valence-electron chi connectivity index (χ2n) is 2.42. The molecule has 1 unspecified atom stereocenters. The molecule has 0 aliphatic rings. The third kappa shape index (κ3) is 3.87. The molecule has 1 aromatic heterocycles. The first kappa shape index (κ1) is 9.96. The molecule has 0 spiro atoms. The number of nitriles is 1. The second kappa shape index (κ2) is 5.51. The number of thioether (sulfide) groups is 1. The predicted molar refractivity (Wildman–Crippen MR) is 51.0 cm³/mol. The fourth-order valence-corrected chi connectivity index (χ4v) is 1.57. The maximum absolute atomic E-state index is 8.42. The minimum Gasteiger partial charge on any atom is -0.316 e. The molecule has 13 heavy (non-hydrogen) atoms. The summed E-state index contributed by atoms with van der Waals surface area (Å²) in [5.74, 6) is 0.799. The Morgan fingerprint density at radius 1 is 1.62 bits per heavy atom. The fourth-order valence-electron chi connectivity index (χ4n) is 0.715. The zero-order valence-corrected chi connectivity index (χ0v) is 7.87. The second-order valence-corrected chi connectivity index (χ2v) is 3.53. The van der Waals surface area contributed by atoms with E-state index < -0.39 is 0 Å². The summed E-state index contributed by atoms with van der Waals surface area (Å²) in [6.45, 7) is 0. The smallest absolute Gasteiger partial charge is 0.114 e. The molecule has 0 aromatic carbocycles. The summed E-state index contributed by atoms with van der Waals surface area (Å²) < 4.78 is 0. The highest BCUT2D eigenvalue weighted by atomic mass is 32.2. The van der Waals surface area contributed by atoms with E-state index in [4.69, 9.17) is 11.0 Å². The molecule has 0 aliphatic heterocycles. The van der Waals surface area contributed by atoms with Crippen LogP contribution in [0.15, 0.2) is 23.6 Å². The Hall–Kier alpha value is -1.12. The fraction of sp³-hybridized carbons (Fsp3) is 0.375. The van der Waals surface area contributed by atoms with Crippen molar-refractivity contribution in [2.45, 2.75) is 17.5 Å². The van der Waals surface area contributed by atoms with Crippen molar-refractivity contribution in [3.8, 4) is 6.07 Å². The van der Waals surface area contributed by atoms with Crippen molar-refractivity contribution in [2.24, 2.45) is 5.73 Å². The minimum atomic E-state index is -0.371. The molecule has 0 saturated carbocycles. The molecule has 1 aromatic rings. The van der Waals surface area contributed by atoms with Gasteiger partial charge in [-0.15, -0.1) is 11.8 Å². The average molecular weight is 194 g/mol. The van der Waals surface area contributed by atoms with Gasteiger partial charge in [-0.1, -0.05) is 0 Å². The summed E-state index contributed by atoms with van der Waals surface area (Å²) in [5.41, 5.74) is 5.43. The van der Waals surface area contributed by atoms with Crippen molar-refractivity contribution in [2.75, 3.05) is 5.75 Å². The van der Waals surface area contributed by atoms with Crippen LogP contribution in [0, 0.1) is 11.3 Å². The molecule has 0 radical (unpaired) electrons. The normalized spacial score (nSPS) is 12.0. The summed E-state index contributed by atoms with van der Waals surface area (Å²) in [6.07, 6.45) is 5.65. The van der Waals surface area contributed by atoms with E-state index in [9.17, 15) is 0 Å². The molecule has 4 nitrogen and oxygen atoms in total. The number of rotatable bonds is 4. The van der Waals surface area contributed by atoms with Gasteiger partial charge < -0.3 is 5.73 Å². The number of nitrogens with two attached hydrogens (primary N) is 1. The maximum atomic E-state index is 8.42. The Balaban J connectivity index is 2.25.